The van der Waals surface area contributed by atoms with Gasteiger partial charge in [0.15, 0.2) is 5.13 Å². The molecule has 0 radical (unpaired) electrons. The summed E-state index contributed by atoms with van der Waals surface area (Å²) in [7, 11) is 0. The average Bonchev–Trinajstić information content (AvgIpc) is 2.91. The van der Waals surface area contributed by atoms with Crippen molar-refractivity contribution in [3.8, 4) is 6.07 Å². The van der Waals surface area contributed by atoms with E-state index in [1.165, 1.54) is 24.2 Å². The van der Waals surface area contributed by atoms with Crippen molar-refractivity contribution in [2.75, 3.05) is 17.2 Å². The van der Waals surface area contributed by atoms with Gasteiger partial charge in [0.1, 0.15) is 5.00 Å². The van der Waals surface area contributed by atoms with Crippen LogP contribution in [0.15, 0.2) is 6.20 Å². The van der Waals surface area contributed by atoms with E-state index in [-0.39, 0.29) is 0 Å². The number of nitrogens with two attached hydrogens (primary N) is 1. The summed E-state index contributed by atoms with van der Waals surface area (Å²) < 4.78 is 0. The van der Waals surface area contributed by atoms with Gasteiger partial charge in [-0.05, 0) is 12.8 Å². The van der Waals surface area contributed by atoms with E-state index >= 15 is 0 Å². The highest BCUT2D eigenvalue weighted by atomic mass is 32.1. The zero-order chi connectivity index (χ0) is 9.97. The highest BCUT2D eigenvalue weighted by Crippen LogP contribution is 2.34. The molecule has 4 nitrogen and oxygen atoms in total. The third-order valence-electron chi connectivity index (χ3n) is 2.21. The normalized spacial score (nSPS) is 15.1. The predicted molar refractivity (Wildman–Crippen MR) is 57.1 cm³/mol. The third kappa shape index (κ3) is 1.96. The van der Waals surface area contributed by atoms with Crippen molar-refractivity contribution in [1.29, 1.82) is 5.26 Å². The first kappa shape index (κ1) is 9.28. The minimum absolute atomic E-state index is 0.552. The van der Waals surface area contributed by atoms with Crippen LogP contribution in [-0.2, 0) is 0 Å². The van der Waals surface area contributed by atoms with Crippen molar-refractivity contribution < 1.29 is 0 Å². The van der Waals surface area contributed by atoms with Crippen LogP contribution in [0.4, 0.5) is 10.1 Å². The number of aromatic nitrogens is 1. The Kier molecular flexibility index (Phi) is 2.55. The van der Waals surface area contributed by atoms with Crippen LogP contribution in [0.25, 0.3) is 0 Å². The molecule has 1 aromatic heterocycles. The fourth-order valence-corrected chi connectivity index (χ4v) is 2.18. The van der Waals surface area contributed by atoms with Crippen molar-refractivity contribution in [3.05, 3.63) is 6.20 Å². The topological polar surface area (TPSA) is 65.9 Å². The molecule has 1 fully saturated rings. The van der Waals surface area contributed by atoms with Crippen molar-refractivity contribution in [2.45, 2.75) is 25.3 Å². The fraction of sp³-hybridized carbons (Fsp3) is 0.556. The number of hydrogen-bond donors (Lipinski definition) is 1. The molecule has 0 saturated heterocycles. The van der Waals surface area contributed by atoms with E-state index < -0.39 is 0 Å². The van der Waals surface area contributed by atoms with Crippen LogP contribution in [0.2, 0.25) is 0 Å². The van der Waals surface area contributed by atoms with Gasteiger partial charge in [0.05, 0.1) is 18.7 Å². The van der Waals surface area contributed by atoms with Crippen molar-refractivity contribution in [1.82, 2.24) is 4.98 Å². The number of nitrogens with zero attached hydrogens (tertiary/aromatic N) is 3. The lowest BCUT2D eigenvalue weighted by Crippen LogP contribution is -2.26. The van der Waals surface area contributed by atoms with Crippen LogP contribution in [-0.4, -0.2) is 17.6 Å². The van der Waals surface area contributed by atoms with E-state index in [9.17, 15) is 0 Å². The van der Waals surface area contributed by atoms with E-state index in [0.29, 0.717) is 12.5 Å². The summed E-state index contributed by atoms with van der Waals surface area (Å²) in [4.78, 5) is 6.44. The van der Waals surface area contributed by atoms with E-state index in [2.05, 4.69) is 16.0 Å². The van der Waals surface area contributed by atoms with E-state index in [4.69, 9.17) is 11.0 Å². The Morgan fingerprint density at radius 2 is 2.50 bits per heavy atom. The van der Waals surface area contributed by atoms with E-state index in [1.807, 2.05) is 0 Å². The lowest BCUT2D eigenvalue weighted by atomic mass is 10.4. The zero-order valence-electron chi connectivity index (χ0n) is 7.81. The third-order valence-corrected chi connectivity index (χ3v) is 3.07. The molecular weight excluding hydrogens is 196 g/mol. The van der Waals surface area contributed by atoms with Crippen molar-refractivity contribution >= 4 is 21.5 Å². The van der Waals surface area contributed by atoms with Crippen LogP contribution < -0.4 is 10.6 Å². The monoisotopic (exact) mass is 208 g/mol. The summed E-state index contributed by atoms with van der Waals surface area (Å²) in [5.41, 5.74) is 5.63. The molecule has 14 heavy (non-hydrogen) atoms. The molecule has 1 aliphatic rings. The number of hydrogen-bond acceptors (Lipinski definition) is 5. The van der Waals surface area contributed by atoms with Gasteiger partial charge in [-0.15, -0.1) is 0 Å². The van der Waals surface area contributed by atoms with Crippen molar-refractivity contribution in [2.24, 2.45) is 0 Å². The number of nitrogen functional groups attached to an aromatic ring is 1. The summed E-state index contributed by atoms with van der Waals surface area (Å²) in [5.74, 6) is 0. The summed E-state index contributed by atoms with van der Waals surface area (Å²) in [6.45, 7) is 0.772. The molecule has 0 aliphatic heterocycles. The van der Waals surface area contributed by atoms with Gasteiger partial charge in [-0.1, -0.05) is 11.3 Å². The van der Waals surface area contributed by atoms with Gasteiger partial charge >= 0.3 is 0 Å². The molecular formula is C9H12N4S. The van der Waals surface area contributed by atoms with Crippen LogP contribution in [0, 0.1) is 11.3 Å². The average molecular weight is 208 g/mol. The van der Waals surface area contributed by atoms with Crippen LogP contribution in [0.5, 0.6) is 0 Å². The Hall–Kier alpha value is -1.28. The quantitative estimate of drug-likeness (QED) is 0.816. The minimum atomic E-state index is 0.552. The molecule has 0 bridgehead atoms. The Balaban J connectivity index is 2.06. The first-order valence-corrected chi connectivity index (χ1v) is 5.48. The molecule has 0 amide bonds. The van der Waals surface area contributed by atoms with Gasteiger partial charge in [0.2, 0.25) is 0 Å². The molecule has 1 aromatic rings. The number of anilines is 2. The molecule has 74 valence electrons. The van der Waals surface area contributed by atoms with E-state index in [0.717, 1.165) is 16.7 Å². The zero-order valence-corrected chi connectivity index (χ0v) is 8.63. The SMILES string of the molecule is N#CCCN(c1ncc(N)s1)C1CC1. The molecule has 2 N–H and O–H groups in total. The van der Waals surface area contributed by atoms with Crippen LogP contribution in [0.3, 0.4) is 0 Å². The maximum Gasteiger partial charge on any atom is 0.187 e. The highest BCUT2D eigenvalue weighted by molar-refractivity contribution is 7.19. The number of thiazole rings is 1. The van der Waals surface area contributed by atoms with Gasteiger partial charge < -0.3 is 10.6 Å². The molecule has 0 unspecified atom stereocenters. The largest absolute Gasteiger partial charge is 0.389 e. The Bertz CT molecular complexity index is 350. The number of rotatable bonds is 4. The minimum Gasteiger partial charge on any atom is -0.389 e. The summed E-state index contributed by atoms with van der Waals surface area (Å²) in [5, 5.41) is 10.2. The molecule has 1 aliphatic carbocycles. The van der Waals surface area contributed by atoms with Crippen LogP contribution >= 0.6 is 11.3 Å². The first-order valence-electron chi connectivity index (χ1n) is 4.66. The van der Waals surface area contributed by atoms with Crippen molar-refractivity contribution in [3.63, 3.8) is 0 Å². The molecule has 0 aromatic carbocycles. The second-order valence-electron chi connectivity index (χ2n) is 3.38. The standard InChI is InChI=1S/C9H12N4S/c10-4-1-5-13(7-2-3-7)9-12-6-8(11)14-9/h6-7H,1-3,5,11H2. The molecule has 1 saturated carbocycles. The molecule has 0 spiro atoms. The maximum atomic E-state index is 8.55. The van der Waals surface area contributed by atoms with Gasteiger partial charge in [0, 0.05) is 12.6 Å². The second kappa shape index (κ2) is 3.84. The lowest BCUT2D eigenvalue weighted by molar-refractivity contribution is 0.789. The lowest BCUT2D eigenvalue weighted by Gasteiger charge is -2.19. The molecule has 0 atom stereocenters. The Labute approximate surface area is 87.0 Å². The molecule has 1 heterocycles. The Morgan fingerprint density at radius 1 is 1.71 bits per heavy atom. The highest BCUT2D eigenvalue weighted by Gasteiger charge is 2.30. The molecule has 5 heteroatoms. The van der Waals surface area contributed by atoms with Crippen LogP contribution in [0.1, 0.15) is 19.3 Å². The summed E-state index contributed by atoms with van der Waals surface area (Å²) in [6.07, 6.45) is 4.66. The van der Waals surface area contributed by atoms with Gasteiger partial charge in [-0.25, -0.2) is 4.98 Å². The van der Waals surface area contributed by atoms with Gasteiger partial charge in [0.25, 0.3) is 0 Å². The number of nitriles is 1. The first-order chi connectivity index (χ1) is 6.81. The fourth-order valence-electron chi connectivity index (χ4n) is 1.40. The smallest absolute Gasteiger partial charge is 0.187 e. The predicted octanol–water partition coefficient (Wildman–Crippen LogP) is 1.61. The summed E-state index contributed by atoms with van der Waals surface area (Å²) >= 11 is 1.50. The summed E-state index contributed by atoms with van der Waals surface area (Å²) in [6, 6.07) is 2.75. The van der Waals surface area contributed by atoms with E-state index in [1.54, 1.807) is 6.20 Å². The second-order valence-corrected chi connectivity index (χ2v) is 4.42. The maximum absolute atomic E-state index is 8.55. The molecule has 2 rings (SSSR count). The Morgan fingerprint density at radius 3 is 3.00 bits per heavy atom. The van der Waals surface area contributed by atoms with Gasteiger partial charge in [-0.2, -0.15) is 5.26 Å². The van der Waals surface area contributed by atoms with Gasteiger partial charge in [-0.3, -0.25) is 0 Å².